The standard InChI is InChI=1S/C16H23ClN2O/c1-12-6-13(2)10-19(9-12)11-16(20)18-8-14-4-3-5-15(17)7-14/h3-5,7,12-13H,6,8-11H2,1-2H3,(H,18,20)/t12-,13-/m0/s1. The molecule has 1 aliphatic heterocycles. The van der Waals surface area contributed by atoms with E-state index in [0.29, 0.717) is 29.9 Å². The predicted octanol–water partition coefficient (Wildman–Crippen LogP) is 2.93. The summed E-state index contributed by atoms with van der Waals surface area (Å²) < 4.78 is 0. The van der Waals surface area contributed by atoms with Crippen molar-refractivity contribution in [2.45, 2.75) is 26.8 Å². The number of benzene rings is 1. The van der Waals surface area contributed by atoms with E-state index in [-0.39, 0.29) is 5.91 Å². The molecule has 1 fully saturated rings. The molecule has 3 nitrogen and oxygen atoms in total. The average molecular weight is 295 g/mol. The van der Waals surface area contributed by atoms with Crippen LogP contribution >= 0.6 is 11.6 Å². The Bertz CT molecular complexity index is 454. The Balaban J connectivity index is 1.78. The Hall–Kier alpha value is -1.06. The van der Waals surface area contributed by atoms with Gasteiger partial charge in [0.05, 0.1) is 6.54 Å². The smallest absolute Gasteiger partial charge is 0.234 e. The molecule has 0 unspecified atom stereocenters. The Morgan fingerprint density at radius 2 is 2.05 bits per heavy atom. The van der Waals surface area contributed by atoms with Gasteiger partial charge in [0.25, 0.3) is 0 Å². The number of halogens is 1. The molecule has 4 heteroatoms. The molecule has 0 aromatic heterocycles. The topological polar surface area (TPSA) is 32.3 Å². The molecule has 2 atom stereocenters. The molecular formula is C16H23ClN2O. The van der Waals surface area contributed by atoms with Gasteiger partial charge in [0.2, 0.25) is 5.91 Å². The summed E-state index contributed by atoms with van der Waals surface area (Å²) in [6.07, 6.45) is 1.26. The molecule has 0 spiro atoms. The third-order valence-corrected chi connectivity index (χ3v) is 3.93. The number of nitrogens with one attached hydrogen (secondary N) is 1. The van der Waals surface area contributed by atoms with Gasteiger partial charge < -0.3 is 5.32 Å². The summed E-state index contributed by atoms with van der Waals surface area (Å²) >= 11 is 5.93. The predicted molar refractivity (Wildman–Crippen MR) is 82.7 cm³/mol. The fraction of sp³-hybridized carbons (Fsp3) is 0.562. The van der Waals surface area contributed by atoms with E-state index in [1.54, 1.807) is 0 Å². The summed E-state index contributed by atoms with van der Waals surface area (Å²) in [6, 6.07) is 7.59. The van der Waals surface area contributed by atoms with Crippen LogP contribution in [-0.2, 0) is 11.3 Å². The lowest BCUT2D eigenvalue weighted by molar-refractivity contribution is -0.123. The Morgan fingerprint density at radius 1 is 1.35 bits per heavy atom. The highest BCUT2D eigenvalue weighted by atomic mass is 35.5. The van der Waals surface area contributed by atoms with Gasteiger partial charge in [-0.25, -0.2) is 0 Å². The summed E-state index contributed by atoms with van der Waals surface area (Å²) in [5.74, 6) is 1.45. The van der Waals surface area contributed by atoms with Crippen LogP contribution in [0.1, 0.15) is 25.8 Å². The lowest BCUT2D eigenvalue weighted by Crippen LogP contribution is -2.44. The Kier molecular flexibility index (Phi) is 5.44. The maximum absolute atomic E-state index is 12.0. The van der Waals surface area contributed by atoms with Crippen molar-refractivity contribution in [1.29, 1.82) is 0 Å². The Labute approximate surface area is 126 Å². The highest BCUT2D eigenvalue weighted by Gasteiger charge is 2.23. The molecule has 1 aromatic rings. The van der Waals surface area contributed by atoms with E-state index in [1.165, 1.54) is 6.42 Å². The van der Waals surface area contributed by atoms with Gasteiger partial charge in [-0.15, -0.1) is 0 Å². The van der Waals surface area contributed by atoms with E-state index in [2.05, 4.69) is 24.1 Å². The SMILES string of the molecule is C[C@H]1C[C@H](C)CN(CC(=O)NCc2cccc(Cl)c2)C1. The van der Waals surface area contributed by atoms with Crippen LogP contribution in [0.5, 0.6) is 0 Å². The van der Waals surface area contributed by atoms with Crippen LogP contribution in [0.25, 0.3) is 0 Å². The molecule has 1 heterocycles. The summed E-state index contributed by atoms with van der Waals surface area (Å²) in [5.41, 5.74) is 1.03. The summed E-state index contributed by atoms with van der Waals surface area (Å²) in [6.45, 7) is 7.59. The van der Waals surface area contributed by atoms with Gasteiger partial charge in [-0.1, -0.05) is 37.6 Å². The van der Waals surface area contributed by atoms with Gasteiger partial charge >= 0.3 is 0 Å². The number of carbonyl (C=O) groups is 1. The molecule has 20 heavy (non-hydrogen) atoms. The van der Waals surface area contributed by atoms with Crippen LogP contribution in [0, 0.1) is 11.8 Å². The maximum atomic E-state index is 12.0. The van der Waals surface area contributed by atoms with E-state index in [1.807, 2.05) is 24.3 Å². The normalized spacial score (nSPS) is 23.6. The fourth-order valence-electron chi connectivity index (χ4n) is 3.03. The first-order valence-electron chi connectivity index (χ1n) is 7.26. The highest BCUT2D eigenvalue weighted by molar-refractivity contribution is 6.30. The van der Waals surface area contributed by atoms with Crippen LogP contribution < -0.4 is 5.32 Å². The zero-order valence-electron chi connectivity index (χ0n) is 12.2. The van der Waals surface area contributed by atoms with Gasteiger partial charge in [0, 0.05) is 24.7 Å². The van der Waals surface area contributed by atoms with Crippen LogP contribution in [0.3, 0.4) is 0 Å². The van der Waals surface area contributed by atoms with Crippen molar-refractivity contribution < 1.29 is 4.79 Å². The quantitative estimate of drug-likeness (QED) is 0.926. The van der Waals surface area contributed by atoms with Crippen molar-refractivity contribution in [3.8, 4) is 0 Å². The van der Waals surface area contributed by atoms with E-state index >= 15 is 0 Å². The Morgan fingerprint density at radius 3 is 2.70 bits per heavy atom. The van der Waals surface area contributed by atoms with Crippen LogP contribution in [-0.4, -0.2) is 30.4 Å². The molecule has 1 saturated heterocycles. The first kappa shape index (κ1) is 15.3. The van der Waals surface area contributed by atoms with Crippen molar-refractivity contribution in [3.63, 3.8) is 0 Å². The molecule has 0 saturated carbocycles. The first-order chi connectivity index (χ1) is 9.52. The van der Waals surface area contributed by atoms with E-state index in [0.717, 1.165) is 18.7 Å². The van der Waals surface area contributed by atoms with Crippen molar-refractivity contribution in [1.82, 2.24) is 10.2 Å². The van der Waals surface area contributed by atoms with E-state index in [9.17, 15) is 4.79 Å². The van der Waals surface area contributed by atoms with Gasteiger partial charge in [-0.3, -0.25) is 9.69 Å². The van der Waals surface area contributed by atoms with Gasteiger partial charge in [0.15, 0.2) is 0 Å². The van der Waals surface area contributed by atoms with Crippen molar-refractivity contribution in [2.75, 3.05) is 19.6 Å². The second-order valence-corrected chi connectivity index (χ2v) is 6.48. The third-order valence-electron chi connectivity index (χ3n) is 3.69. The lowest BCUT2D eigenvalue weighted by atomic mass is 9.92. The lowest BCUT2D eigenvalue weighted by Gasteiger charge is -2.34. The van der Waals surface area contributed by atoms with Crippen molar-refractivity contribution in [2.24, 2.45) is 11.8 Å². The number of hydrogen-bond acceptors (Lipinski definition) is 2. The molecule has 1 amide bonds. The molecule has 1 aliphatic rings. The van der Waals surface area contributed by atoms with Crippen molar-refractivity contribution in [3.05, 3.63) is 34.9 Å². The molecule has 0 bridgehead atoms. The van der Waals surface area contributed by atoms with Crippen LogP contribution in [0.15, 0.2) is 24.3 Å². The van der Waals surface area contributed by atoms with Gasteiger partial charge in [-0.05, 0) is 36.0 Å². The van der Waals surface area contributed by atoms with E-state index < -0.39 is 0 Å². The van der Waals surface area contributed by atoms with Gasteiger partial charge in [0.1, 0.15) is 0 Å². The van der Waals surface area contributed by atoms with Crippen molar-refractivity contribution >= 4 is 17.5 Å². The molecule has 1 aromatic carbocycles. The number of hydrogen-bond donors (Lipinski definition) is 1. The maximum Gasteiger partial charge on any atom is 0.234 e. The zero-order chi connectivity index (χ0) is 14.5. The average Bonchev–Trinajstić information content (AvgIpc) is 2.35. The molecular weight excluding hydrogens is 272 g/mol. The second kappa shape index (κ2) is 7.09. The fourth-order valence-corrected chi connectivity index (χ4v) is 3.24. The number of likely N-dealkylation sites (tertiary alicyclic amines) is 1. The molecule has 1 N–H and O–H groups in total. The largest absolute Gasteiger partial charge is 0.351 e. The number of piperidine rings is 1. The number of carbonyl (C=O) groups excluding carboxylic acids is 1. The molecule has 110 valence electrons. The third kappa shape index (κ3) is 4.80. The minimum atomic E-state index is 0.0891. The summed E-state index contributed by atoms with van der Waals surface area (Å²) in [7, 11) is 0. The summed E-state index contributed by atoms with van der Waals surface area (Å²) in [4.78, 5) is 14.3. The minimum Gasteiger partial charge on any atom is -0.351 e. The van der Waals surface area contributed by atoms with Crippen LogP contribution in [0.2, 0.25) is 5.02 Å². The monoisotopic (exact) mass is 294 g/mol. The summed E-state index contributed by atoms with van der Waals surface area (Å²) in [5, 5.41) is 3.67. The van der Waals surface area contributed by atoms with Crippen LogP contribution in [0.4, 0.5) is 0 Å². The van der Waals surface area contributed by atoms with E-state index in [4.69, 9.17) is 11.6 Å². The zero-order valence-corrected chi connectivity index (χ0v) is 13.0. The minimum absolute atomic E-state index is 0.0891. The molecule has 0 radical (unpaired) electrons. The molecule has 2 rings (SSSR count). The number of amides is 1. The van der Waals surface area contributed by atoms with Gasteiger partial charge in [-0.2, -0.15) is 0 Å². The second-order valence-electron chi connectivity index (χ2n) is 6.05. The highest BCUT2D eigenvalue weighted by Crippen LogP contribution is 2.20. The number of nitrogens with zero attached hydrogens (tertiary/aromatic N) is 1. The first-order valence-corrected chi connectivity index (χ1v) is 7.64. The number of rotatable bonds is 4. The molecule has 0 aliphatic carbocycles.